The van der Waals surface area contributed by atoms with E-state index in [4.69, 9.17) is 23.2 Å². The first kappa shape index (κ1) is 18.8. The molecular formula is C17H28Cl2N2. The summed E-state index contributed by atoms with van der Waals surface area (Å²) < 4.78 is 0. The molecule has 0 saturated carbocycles. The van der Waals surface area contributed by atoms with E-state index in [1.54, 1.807) is 0 Å². The van der Waals surface area contributed by atoms with E-state index in [2.05, 4.69) is 50.9 Å². The molecule has 0 fully saturated rings. The van der Waals surface area contributed by atoms with Crippen molar-refractivity contribution >= 4 is 23.2 Å². The number of hydrogen-bond acceptors (Lipinski definition) is 2. The van der Waals surface area contributed by atoms with Gasteiger partial charge in [0.25, 0.3) is 0 Å². The minimum absolute atomic E-state index is 0.0750. The van der Waals surface area contributed by atoms with Crippen molar-refractivity contribution in [2.24, 2.45) is 0 Å². The largest absolute Gasteiger partial charge is 0.312 e. The summed E-state index contributed by atoms with van der Waals surface area (Å²) in [5.41, 5.74) is 1.29. The fraction of sp³-hybridized carbons (Fsp3) is 0.647. The second-order valence-corrected chi connectivity index (χ2v) is 6.70. The van der Waals surface area contributed by atoms with Crippen LogP contribution in [0.5, 0.6) is 0 Å². The Morgan fingerprint density at radius 2 is 1.71 bits per heavy atom. The first-order valence-corrected chi connectivity index (χ1v) is 8.54. The summed E-state index contributed by atoms with van der Waals surface area (Å²) >= 11 is 12.2. The lowest BCUT2D eigenvalue weighted by molar-refractivity contribution is 0.0918. The van der Waals surface area contributed by atoms with Crippen LogP contribution in [0, 0.1) is 0 Å². The summed E-state index contributed by atoms with van der Waals surface area (Å²) in [5, 5.41) is 4.88. The van der Waals surface area contributed by atoms with Crippen molar-refractivity contribution in [3.63, 3.8) is 0 Å². The van der Waals surface area contributed by atoms with Crippen LogP contribution in [0.4, 0.5) is 0 Å². The van der Waals surface area contributed by atoms with E-state index < -0.39 is 0 Å². The molecule has 1 rings (SSSR count). The molecule has 21 heavy (non-hydrogen) atoms. The van der Waals surface area contributed by atoms with E-state index in [1.165, 1.54) is 5.56 Å². The third kappa shape index (κ3) is 4.85. The molecule has 1 atom stereocenters. The zero-order valence-corrected chi connectivity index (χ0v) is 15.4. The highest BCUT2D eigenvalue weighted by Gasteiger charge is 2.33. The third-order valence-electron chi connectivity index (χ3n) is 4.31. The number of benzene rings is 1. The predicted molar refractivity (Wildman–Crippen MR) is 94.6 cm³/mol. The highest BCUT2D eigenvalue weighted by molar-refractivity contribution is 6.42. The molecule has 120 valence electrons. The number of nitrogens with zero attached hydrogens (tertiary/aromatic N) is 1. The second kappa shape index (κ2) is 8.38. The van der Waals surface area contributed by atoms with Gasteiger partial charge < -0.3 is 5.32 Å². The van der Waals surface area contributed by atoms with Gasteiger partial charge in [-0.2, -0.15) is 0 Å². The normalized spacial score (nSPS) is 13.7. The molecule has 0 aliphatic carbocycles. The molecule has 0 aromatic heterocycles. The van der Waals surface area contributed by atoms with Gasteiger partial charge in [0, 0.05) is 11.6 Å². The van der Waals surface area contributed by atoms with E-state index in [9.17, 15) is 0 Å². The van der Waals surface area contributed by atoms with Crippen molar-refractivity contribution in [3.05, 3.63) is 33.8 Å². The predicted octanol–water partition coefficient (Wildman–Crippen LogP) is 4.63. The molecule has 1 N–H and O–H groups in total. The van der Waals surface area contributed by atoms with Gasteiger partial charge in [-0.1, -0.05) is 50.0 Å². The van der Waals surface area contributed by atoms with Crippen molar-refractivity contribution in [2.75, 3.05) is 19.6 Å². The first-order chi connectivity index (χ1) is 9.86. The summed E-state index contributed by atoms with van der Waals surface area (Å²) in [6, 6.07) is 6.29. The zero-order valence-electron chi connectivity index (χ0n) is 13.8. The Balaban J connectivity index is 2.97. The number of nitrogens with one attached hydrogen (secondary N) is 1. The average Bonchev–Trinajstić information content (AvgIpc) is 2.43. The summed E-state index contributed by atoms with van der Waals surface area (Å²) in [5.74, 6) is 0. The van der Waals surface area contributed by atoms with E-state index in [1.807, 2.05) is 12.1 Å². The fourth-order valence-electron chi connectivity index (χ4n) is 2.98. The molecule has 0 aliphatic rings. The summed E-state index contributed by atoms with van der Waals surface area (Å²) in [6.45, 7) is 14.3. The standard InChI is InChI=1S/C17H28Cl2N2/c1-6-20-16(17(4,5)21(7-2)8-3)12-13-9-10-14(18)15(19)11-13/h9-11,16,20H,6-8,12H2,1-5H3. The SMILES string of the molecule is CCNC(Cc1ccc(Cl)c(Cl)c1)C(C)(C)N(CC)CC. The van der Waals surface area contributed by atoms with Crippen molar-refractivity contribution in [1.82, 2.24) is 10.2 Å². The van der Waals surface area contributed by atoms with Crippen LogP contribution in [0.1, 0.15) is 40.2 Å². The number of likely N-dealkylation sites (N-methyl/N-ethyl adjacent to an activating group) is 2. The maximum absolute atomic E-state index is 6.14. The van der Waals surface area contributed by atoms with Gasteiger partial charge in [0.05, 0.1) is 10.0 Å². The number of rotatable bonds is 8. The van der Waals surface area contributed by atoms with Crippen LogP contribution in [0.15, 0.2) is 18.2 Å². The molecule has 0 aliphatic heterocycles. The van der Waals surface area contributed by atoms with Crippen LogP contribution in [0.2, 0.25) is 10.0 Å². The van der Waals surface area contributed by atoms with E-state index in [0.717, 1.165) is 26.1 Å². The zero-order chi connectivity index (χ0) is 16.0. The first-order valence-electron chi connectivity index (χ1n) is 7.79. The molecule has 4 heteroatoms. The Morgan fingerprint density at radius 3 is 2.19 bits per heavy atom. The Kier molecular flexibility index (Phi) is 7.49. The van der Waals surface area contributed by atoms with Crippen LogP contribution >= 0.6 is 23.2 Å². The van der Waals surface area contributed by atoms with Gasteiger partial charge in [0.15, 0.2) is 0 Å². The smallest absolute Gasteiger partial charge is 0.0595 e. The van der Waals surface area contributed by atoms with E-state index in [-0.39, 0.29) is 5.54 Å². The fourth-order valence-corrected chi connectivity index (χ4v) is 3.30. The minimum Gasteiger partial charge on any atom is -0.312 e. The molecule has 1 aromatic carbocycles. The van der Waals surface area contributed by atoms with E-state index in [0.29, 0.717) is 16.1 Å². The average molecular weight is 331 g/mol. The van der Waals surface area contributed by atoms with Gasteiger partial charge in [-0.3, -0.25) is 4.90 Å². The van der Waals surface area contributed by atoms with Crippen molar-refractivity contribution < 1.29 is 0 Å². The minimum atomic E-state index is 0.0750. The maximum Gasteiger partial charge on any atom is 0.0595 e. The van der Waals surface area contributed by atoms with E-state index >= 15 is 0 Å². The number of halogens is 2. The van der Waals surface area contributed by atoms with Gasteiger partial charge in [0.2, 0.25) is 0 Å². The molecule has 0 amide bonds. The lowest BCUT2D eigenvalue weighted by Crippen LogP contribution is -2.58. The Hall–Kier alpha value is -0.280. The highest BCUT2D eigenvalue weighted by Crippen LogP contribution is 2.26. The number of hydrogen-bond donors (Lipinski definition) is 1. The molecule has 0 saturated heterocycles. The van der Waals surface area contributed by atoms with Gasteiger partial charge in [0.1, 0.15) is 0 Å². The van der Waals surface area contributed by atoms with Gasteiger partial charge in [-0.25, -0.2) is 0 Å². The van der Waals surface area contributed by atoms with Gasteiger partial charge >= 0.3 is 0 Å². The summed E-state index contributed by atoms with van der Waals surface area (Å²) in [7, 11) is 0. The molecule has 0 radical (unpaired) electrons. The van der Waals surface area contributed by atoms with Crippen LogP contribution in [-0.4, -0.2) is 36.1 Å². The Bertz CT molecular complexity index is 442. The van der Waals surface area contributed by atoms with Crippen LogP contribution in [-0.2, 0) is 6.42 Å². The highest BCUT2D eigenvalue weighted by atomic mass is 35.5. The second-order valence-electron chi connectivity index (χ2n) is 5.89. The molecule has 1 unspecified atom stereocenters. The van der Waals surface area contributed by atoms with Crippen molar-refractivity contribution in [1.29, 1.82) is 0 Å². The molecule has 1 aromatic rings. The quantitative estimate of drug-likeness (QED) is 0.747. The third-order valence-corrected chi connectivity index (χ3v) is 5.04. The van der Waals surface area contributed by atoms with Crippen LogP contribution in [0.3, 0.4) is 0 Å². The molecule has 2 nitrogen and oxygen atoms in total. The summed E-state index contributed by atoms with van der Waals surface area (Å²) in [4.78, 5) is 2.50. The molecular weight excluding hydrogens is 303 g/mol. The van der Waals surface area contributed by atoms with Crippen LogP contribution < -0.4 is 5.32 Å². The monoisotopic (exact) mass is 330 g/mol. The molecule has 0 heterocycles. The van der Waals surface area contributed by atoms with Gasteiger partial charge in [-0.15, -0.1) is 0 Å². The lowest BCUT2D eigenvalue weighted by Gasteiger charge is -2.44. The molecule has 0 spiro atoms. The lowest BCUT2D eigenvalue weighted by atomic mass is 9.87. The maximum atomic E-state index is 6.14. The van der Waals surface area contributed by atoms with Crippen molar-refractivity contribution in [2.45, 2.75) is 52.6 Å². The summed E-state index contributed by atoms with van der Waals surface area (Å²) in [6.07, 6.45) is 0.939. The van der Waals surface area contributed by atoms with Crippen molar-refractivity contribution in [3.8, 4) is 0 Å². The van der Waals surface area contributed by atoms with Crippen LogP contribution in [0.25, 0.3) is 0 Å². The Morgan fingerprint density at radius 1 is 1.10 bits per heavy atom. The Labute approximate surface area is 139 Å². The molecule has 0 bridgehead atoms. The topological polar surface area (TPSA) is 15.3 Å². The van der Waals surface area contributed by atoms with Gasteiger partial charge in [-0.05, 0) is 57.6 Å².